The number of carbonyl (C=O) groups is 1. The molecule has 5 nitrogen and oxygen atoms in total. The fraction of sp³-hybridized carbons (Fsp3) is 0.111. The normalized spacial score (nSPS) is 15.5. The summed E-state index contributed by atoms with van der Waals surface area (Å²) in [6.07, 6.45) is 1.59. The number of hydrogen-bond donors (Lipinski definition) is 1. The molecule has 3 rings (SSSR count). The summed E-state index contributed by atoms with van der Waals surface area (Å²) in [4.78, 5) is 16.2. The average molecular weight is 309 g/mol. The van der Waals surface area contributed by atoms with E-state index in [2.05, 4.69) is 4.99 Å². The van der Waals surface area contributed by atoms with Crippen LogP contribution in [0.25, 0.3) is 6.08 Å². The standard InChI is InChI=1S/C18H15NO4/c1-11-4-3-5-13(8-11)17-19-14(18(21)23-17)9-12-6-7-15(20)16(10-12)22-2/h3-10,20H,1-2H3/b14-9+. The second-order valence-corrected chi connectivity index (χ2v) is 5.14. The molecule has 0 aliphatic carbocycles. The second-order valence-electron chi connectivity index (χ2n) is 5.14. The minimum atomic E-state index is -0.506. The molecule has 0 atom stereocenters. The number of esters is 1. The molecule has 5 heteroatoms. The van der Waals surface area contributed by atoms with Crippen molar-refractivity contribution in [2.24, 2.45) is 4.99 Å². The van der Waals surface area contributed by atoms with E-state index in [1.165, 1.54) is 13.2 Å². The summed E-state index contributed by atoms with van der Waals surface area (Å²) in [5, 5.41) is 9.60. The van der Waals surface area contributed by atoms with Crippen molar-refractivity contribution >= 4 is 17.9 Å². The molecular formula is C18H15NO4. The van der Waals surface area contributed by atoms with Gasteiger partial charge in [0, 0.05) is 5.56 Å². The first kappa shape index (κ1) is 14.8. The molecule has 0 radical (unpaired) electrons. The Balaban J connectivity index is 1.95. The maximum absolute atomic E-state index is 12.0. The van der Waals surface area contributed by atoms with Crippen LogP contribution in [0.4, 0.5) is 0 Å². The highest BCUT2D eigenvalue weighted by molar-refractivity contribution is 6.12. The van der Waals surface area contributed by atoms with Gasteiger partial charge in [-0.15, -0.1) is 0 Å². The Morgan fingerprint density at radius 1 is 1.22 bits per heavy atom. The summed E-state index contributed by atoms with van der Waals surface area (Å²) in [6.45, 7) is 1.96. The minimum absolute atomic E-state index is 0.0348. The van der Waals surface area contributed by atoms with E-state index in [4.69, 9.17) is 9.47 Å². The van der Waals surface area contributed by atoms with Gasteiger partial charge >= 0.3 is 5.97 Å². The number of rotatable bonds is 3. The van der Waals surface area contributed by atoms with Crippen molar-refractivity contribution in [1.29, 1.82) is 0 Å². The van der Waals surface area contributed by atoms with E-state index in [9.17, 15) is 9.90 Å². The molecule has 1 N–H and O–H groups in total. The van der Waals surface area contributed by atoms with Crippen molar-refractivity contribution in [2.45, 2.75) is 6.92 Å². The van der Waals surface area contributed by atoms with Crippen LogP contribution in [0.2, 0.25) is 0 Å². The van der Waals surface area contributed by atoms with Gasteiger partial charge in [-0.05, 0) is 42.8 Å². The number of ether oxygens (including phenoxy) is 2. The number of carbonyl (C=O) groups excluding carboxylic acids is 1. The Kier molecular flexibility index (Phi) is 3.85. The molecule has 0 unspecified atom stereocenters. The Morgan fingerprint density at radius 3 is 2.78 bits per heavy atom. The fourth-order valence-electron chi connectivity index (χ4n) is 2.25. The average Bonchev–Trinajstić information content (AvgIpc) is 2.90. The first-order chi connectivity index (χ1) is 11.1. The molecule has 116 valence electrons. The van der Waals surface area contributed by atoms with E-state index in [0.717, 1.165) is 11.1 Å². The van der Waals surface area contributed by atoms with Crippen molar-refractivity contribution in [2.75, 3.05) is 7.11 Å². The second kappa shape index (κ2) is 5.96. The SMILES string of the molecule is COc1cc(/C=C2/N=C(c3cccc(C)c3)OC2=O)ccc1O. The predicted molar refractivity (Wildman–Crippen MR) is 86.4 cm³/mol. The van der Waals surface area contributed by atoms with Crippen LogP contribution < -0.4 is 4.74 Å². The van der Waals surface area contributed by atoms with Crippen LogP contribution in [0.3, 0.4) is 0 Å². The van der Waals surface area contributed by atoms with Gasteiger partial charge in [0.15, 0.2) is 17.2 Å². The molecule has 0 saturated carbocycles. The molecule has 1 heterocycles. The number of cyclic esters (lactones) is 1. The summed E-state index contributed by atoms with van der Waals surface area (Å²) in [5.41, 5.74) is 2.70. The van der Waals surface area contributed by atoms with Gasteiger partial charge in [0.1, 0.15) is 0 Å². The van der Waals surface area contributed by atoms with Crippen LogP contribution in [-0.2, 0) is 9.53 Å². The van der Waals surface area contributed by atoms with Gasteiger partial charge in [-0.3, -0.25) is 0 Å². The zero-order valence-electron chi connectivity index (χ0n) is 12.7. The number of phenols is 1. The van der Waals surface area contributed by atoms with Crippen LogP contribution >= 0.6 is 0 Å². The molecule has 0 bridgehead atoms. The lowest BCUT2D eigenvalue weighted by Gasteiger charge is -2.03. The Labute approximate surface area is 133 Å². The third-order valence-corrected chi connectivity index (χ3v) is 3.39. The number of phenolic OH excluding ortho intramolecular Hbond substituents is 1. The highest BCUT2D eigenvalue weighted by atomic mass is 16.6. The van der Waals surface area contributed by atoms with E-state index >= 15 is 0 Å². The zero-order valence-corrected chi connectivity index (χ0v) is 12.7. The number of aromatic hydroxyl groups is 1. The van der Waals surface area contributed by atoms with Crippen molar-refractivity contribution < 1.29 is 19.4 Å². The van der Waals surface area contributed by atoms with E-state index in [0.29, 0.717) is 11.3 Å². The lowest BCUT2D eigenvalue weighted by molar-refractivity contribution is -0.129. The quantitative estimate of drug-likeness (QED) is 0.699. The number of benzene rings is 2. The molecule has 0 fully saturated rings. The smallest absolute Gasteiger partial charge is 0.363 e. The van der Waals surface area contributed by atoms with Crippen LogP contribution in [0, 0.1) is 6.92 Å². The van der Waals surface area contributed by atoms with Crippen LogP contribution in [0.5, 0.6) is 11.5 Å². The van der Waals surface area contributed by atoms with Gasteiger partial charge in [-0.1, -0.05) is 23.8 Å². The van der Waals surface area contributed by atoms with Crippen molar-refractivity contribution in [3.05, 3.63) is 64.9 Å². The van der Waals surface area contributed by atoms with E-state index < -0.39 is 5.97 Å². The van der Waals surface area contributed by atoms with Gasteiger partial charge in [-0.2, -0.15) is 0 Å². The number of hydrogen-bond acceptors (Lipinski definition) is 5. The third kappa shape index (κ3) is 3.08. The van der Waals surface area contributed by atoms with Crippen LogP contribution in [0.15, 0.2) is 53.2 Å². The van der Waals surface area contributed by atoms with Gasteiger partial charge in [-0.25, -0.2) is 9.79 Å². The molecule has 1 aliphatic heterocycles. The lowest BCUT2D eigenvalue weighted by Crippen LogP contribution is -2.05. The Morgan fingerprint density at radius 2 is 2.04 bits per heavy atom. The molecule has 0 saturated heterocycles. The summed E-state index contributed by atoms with van der Waals surface area (Å²) in [5.74, 6) is 0.144. The van der Waals surface area contributed by atoms with Crippen molar-refractivity contribution in [3.63, 3.8) is 0 Å². The van der Waals surface area contributed by atoms with Gasteiger partial charge in [0.2, 0.25) is 5.90 Å². The van der Waals surface area contributed by atoms with Gasteiger partial charge < -0.3 is 14.6 Å². The molecule has 0 amide bonds. The number of methoxy groups -OCH3 is 1. The van der Waals surface area contributed by atoms with E-state index in [1.54, 1.807) is 18.2 Å². The molecule has 23 heavy (non-hydrogen) atoms. The largest absolute Gasteiger partial charge is 0.504 e. The first-order valence-corrected chi connectivity index (χ1v) is 7.03. The highest BCUT2D eigenvalue weighted by Gasteiger charge is 2.24. The summed E-state index contributed by atoms with van der Waals surface area (Å²) in [7, 11) is 1.46. The van der Waals surface area contributed by atoms with E-state index in [-0.39, 0.29) is 17.3 Å². The summed E-state index contributed by atoms with van der Waals surface area (Å²) in [6, 6.07) is 12.4. The van der Waals surface area contributed by atoms with Crippen LogP contribution in [-0.4, -0.2) is 24.1 Å². The molecule has 0 spiro atoms. The maximum Gasteiger partial charge on any atom is 0.363 e. The third-order valence-electron chi connectivity index (χ3n) is 3.39. The van der Waals surface area contributed by atoms with Crippen molar-refractivity contribution in [3.8, 4) is 11.5 Å². The number of aryl methyl sites for hydroxylation is 1. The fourth-order valence-corrected chi connectivity index (χ4v) is 2.25. The number of nitrogens with zero attached hydrogens (tertiary/aromatic N) is 1. The number of aliphatic imine (C=N–C) groups is 1. The summed E-state index contributed by atoms with van der Waals surface area (Å²) < 4.78 is 10.3. The lowest BCUT2D eigenvalue weighted by atomic mass is 10.1. The summed E-state index contributed by atoms with van der Waals surface area (Å²) >= 11 is 0. The monoisotopic (exact) mass is 309 g/mol. The minimum Gasteiger partial charge on any atom is -0.504 e. The highest BCUT2D eigenvalue weighted by Crippen LogP contribution is 2.28. The van der Waals surface area contributed by atoms with E-state index in [1.807, 2.05) is 31.2 Å². The van der Waals surface area contributed by atoms with Gasteiger partial charge in [0.05, 0.1) is 7.11 Å². The maximum atomic E-state index is 12.0. The molecule has 2 aromatic rings. The molecule has 2 aromatic carbocycles. The van der Waals surface area contributed by atoms with Gasteiger partial charge in [0.25, 0.3) is 0 Å². The molecule has 0 aromatic heterocycles. The van der Waals surface area contributed by atoms with Crippen molar-refractivity contribution in [1.82, 2.24) is 0 Å². The topological polar surface area (TPSA) is 68.1 Å². The Hall–Kier alpha value is -3.08. The predicted octanol–water partition coefficient (Wildman–Crippen LogP) is 3.05. The van der Waals surface area contributed by atoms with Crippen LogP contribution in [0.1, 0.15) is 16.7 Å². The zero-order chi connectivity index (χ0) is 16.4. The molecule has 1 aliphatic rings. The molecular weight excluding hydrogens is 294 g/mol. The Bertz CT molecular complexity index is 837. The first-order valence-electron chi connectivity index (χ1n) is 7.03.